The van der Waals surface area contributed by atoms with Crippen molar-refractivity contribution < 1.29 is 14.3 Å². The molecule has 96 valence electrons. The fourth-order valence-corrected chi connectivity index (χ4v) is 1.78. The summed E-state index contributed by atoms with van der Waals surface area (Å²) in [5.41, 5.74) is 5.10. The zero-order valence-electron chi connectivity index (χ0n) is 9.61. The maximum Gasteiger partial charge on any atom is 0.269 e. The normalized spacial score (nSPS) is 18.4. The Labute approximate surface area is 109 Å². The lowest BCUT2D eigenvalue weighted by molar-refractivity contribution is -0.130. The lowest BCUT2D eigenvalue weighted by atomic mass is 10.2. The molecular weight excluding hydrogens is 256 g/mol. The van der Waals surface area contributed by atoms with Crippen molar-refractivity contribution >= 4 is 23.4 Å². The van der Waals surface area contributed by atoms with Gasteiger partial charge in [0.2, 0.25) is 0 Å². The van der Waals surface area contributed by atoms with E-state index < -0.39 is 12.0 Å². The molecule has 1 aromatic rings. The first-order valence-corrected chi connectivity index (χ1v) is 6.02. The van der Waals surface area contributed by atoms with Crippen LogP contribution >= 0.6 is 11.6 Å². The lowest BCUT2D eigenvalue weighted by Crippen LogP contribution is -2.46. The van der Waals surface area contributed by atoms with Crippen molar-refractivity contribution in [2.45, 2.75) is 18.9 Å². The Kier molecular flexibility index (Phi) is 4.17. The fraction of sp³-hybridized carbons (Fsp3) is 0.333. The Morgan fingerprint density at radius 3 is 2.56 bits per heavy atom. The van der Waals surface area contributed by atoms with Crippen molar-refractivity contribution in [2.24, 2.45) is 0 Å². The minimum atomic E-state index is -0.462. The summed E-state index contributed by atoms with van der Waals surface area (Å²) in [6.07, 6.45) is 1.09. The Bertz CT molecular complexity index is 441. The van der Waals surface area contributed by atoms with E-state index >= 15 is 0 Å². The molecule has 2 rings (SSSR count). The Morgan fingerprint density at radius 2 is 1.94 bits per heavy atom. The molecule has 1 heterocycles. The van der Waals surface area contributed by atoms with Crippen molar-refractivity contribution in [1.29, 1.82) is 0 Å². The van der Waals surface area contributed by atoms with Crippen LogP contribution in [0.3, 0.4) is 0 Å². The molecule has 2 N–H and O–H groups in total. The number of amides is 2. The standard InChI is InChI=1S/C12H13ClN2O3/c13-9-5-3-8(4-6-9)11(16)14-15-12(17)10-2-1-7-18-10/h3-6,10H,1-2,7H2,(H,14,16)(H,15,17)/t10-/m1/s1. The number of rotatable bonds is 2. The average molecular weight is 269 g/mol. The molecule has 1 aromatic carbocycles. The Balaban J connectivity index is 1.84. The smallest absolute Gasteiger partial charge is 0.269 e. The number of benzene rings is 1. The van der Waals surface area contributed by atoms with Crippen molar-refractivity contribution in [1.82, 2.24) is 10.9 Å². The first-order chi connectivity index (χ1) is 8.66. The molecule has 1 fully saturated rings. The van der Waals surface area contributed by atoms with E-state index in [1.807, 2.05) is 0 Å². The van der Waals surface area contributed by atoms with Crippen molar-refractivity contribution in [3.63, 3.8) is 0 Å². The second-order valence-electron chi connectivity index (χ2n) is 3.95. The second kappa shape index (κ2) is 5.84. The van der Waals surface area contributed by atoms with E-state index in [1.54, 1.807) is 24.3 Å². The van der Waals surface area contributed by atoms with Gasteiger partial charge < -0.3 is 4.74 Å². The molecule has 6 heteroatoms. The largest absolute Gasteiger partial charge is 0.368 e. The summed E-state index contributed by atoms with van der Waals surface area (Å²) < 4.78 is 5.19. The van der Waals surface area contributed by atoms with Gasteiger partial charge in [-0.3, -0.25) is 20.4 Å². The summed E-state index contributed by atoms with van der Waals surface area (Å²) in [7, 11) is 0. The number of hydrogen-bond acceptors (Lipinski definition) is 3. The maximum absolute atomic E-state index is 11.7. The highest BCUT2D eigenvalue weighted by atomic mass is 35.5. The van der Waals surface area contributed by atoms with E-state index in [-0.39, 0.29) is 5.91 Å². The van der Waals surface area contributed by atoms with Gasteiger partial charge in [0.05, 0.1) is 0 Å². The van der Waals surface area contributed by atoms with Gasteiger partial charge in [0.15, 0.2) is 0 Å². The van der Waals surface area contributed by atoms with Crippen LogP contribution in [-0.2, 0) is 9.53 Å². The van der Waals surface area contributed by atoms with Crippen molar-refractivity contribution in [2.75, 3.05) is 6.61 Å². The van der Waals surface area contributed by atoms with Crippen LogP contribution < -0.4 is 10.9 Å². The molecule has 0 unspecified atom stereocenters. The molecule has 0 saturated carbocycles. The quantitative estimate of drug-likeness (QED) is 0.794. The molecule has 1 atom stereocenters. The van der Waals surface area contributed by atoms with Crippen molar-refractivity contribution in [3.8, 4) is 0 Å². The fourth-order valence-electron chi connectivity index (χ4n) is 1.66. The SMILES string of the molecule is O=C(NNC(=O)[C@H]1CCCO1)c1ccc(Cl)cc1. The summed E-state index contributed by atoms with van der Waals surface area (Å²) in [5.74, 6) is -0.715. The van der Waals surface area contributed by atoms with Crippen LogP contribution in [0.15, 0.2) is 24.3 Å². The Morgan fingerprint density at radius 1 is 1.22 bits per heavy atom. The van der Waals surface area contributed by atoms with E-state index in [4.69, 9.17) is 16.3 Å². The number of hydrazine groups is 1. The highest BCUT2D eigenvalue weighted by Crippen LogP contribution is 2.11. The first-order valence-electron chi connectivity index (χ1n) is 5.64. The molecular formula is C12H13ClN2O3. The molecule has 0 radical (unpaired) electrons. The topological polar surface area (TPSA) is 67.4 Å². The molecule has 18 heavy (non-hydrogen) atoms. The number of hydrogen-bond donors (Lipinski definition) is 2. The van der Waals surface area contributed by atoms with E-state index in [2.05, 4.69) is 10.9 Å². The van der Waals surface area contributed by atoms with Crippen LogP contribution in [0.25, 0.3) is 0 Å². The monoisotopic (exact) mass is 268 g/mol. The van der Waals surface area contributed by atoms with E-state index in [0.717, 1.165) is 6.42 Å². The minimum absolute atomic E-state index is 0.324. The number of carbonyl (C=O) groups excluding carboxylic acids is 2. The average Bonchev–Trinajstić information content (AvgIpc) is 2.90. The summed E-state index contributed by atoms with van der Waals surface area (Å²) in [6.45, 7) is 0.587. The van der Waals surface area contributed by atoms with Crippen molar-refractivity contribution in [3.05, 3.63) is 34.9 Å². The van der Waals surface area contributed by atoms with Gasteiger partial charge in [0, 0.05) is 17.2 Å². The number of ether oxygens (including phenoxy) is 1. The number of halogens is 1. The highest BCUT2D eigenvalue weighted by molar-refractivity contribution is 6.30. The van der Waals surface area contributed by atoms with E-state index in [0.29, 0.717) is 23.6 Å². The zero-order valence-corrected chi connectivity index (χ0v) is 10.4. The van der Waals surface area contributed by atoms with Gasteiger partial charge in [-0.1, -0.05) is 11.6 Å². The highest BCUT2D eigenvalue weighted by Gasteiger charge is 2.23. The summed E-state index contributed by atoms with van der Waals surface area (Å²) in [4.78, 5) is 23.2. The molecule has 0 aliphatic carbocycles. The van der Waals surface area contributed by atoms with Crippen LogP contribution in [0, 0.1) is 0 Å². The third-order valence-corrected chi connectivity index (χ3v) is 2.88. The van der Waals surface area contributed by atoms with Crippen LogP contribution in [-0.4, -0.2) is 24.5 Å². The van der Waals surface area contributed by atoms with Crippen LogP contribution in [0.1, 0.15) is 23.2 Å². The van der Waals surface area contributed by atoms with Gasteiger partial charge in [-0.15, -0.1) is 0 Å². The molecule has 5 nitrogen and oxygen atoms in total. The predicted molar refractivity (Wildman–Crippen MR) is 66.0 cm³/mol. The van der Waals surface area contributed by atoms with Crippen LogP contribution in [0.2, 0.25) is 5.02 Å². The van der Waals surface area contributed by atoms with Gasteiger partial charge in [0.1, 0.15) is 6.10 Å². The molecule has 0 spiro atoms. The summed E-state index contributed by atoms with van der Waals surface area (Å²) in [5, 5.41) is 0.551. The van der Waals surface area contributed by atoms with Gasteiger partial charge in [-0.2, -0.15) is 0 Å². The maximum atomic E-state index is 11.7. The van der Waals surface area contributed by atoms with Gasteiger partial charge in [-0.05, 0) is 37.1 Å². The zero-order chi connectivity index (χ0) is 13.0. The van der Waals surface area contributed by atoms with E-state index in [1.165, 1.54) is 0 Å². The number of carbonyl (C=O) groups is 2. The molecule has 1 aliphatic rings. The molecule has 1 aliphatic heterocycles. The summed E-state index contributed by atoms with van der Waals surface area (Å²) >= 11 is 5.71. The Hall–Kier alpha value is -1.59. The van der Waals surface area contributed by atoms with Gasteiger partial charge >= 0.3 is 0 Å². The molecule has 1 saturated heterocycles. The molecule has 0 bridgehead atoms. The van der Waals surface area contributed by atoms with Crippen LogP contribution in [0.4, 0.5) is 0 Å². The van der Waals surface area contributed by atoms with E-state index in [9.17, 15) is 9.59 Å². The second-order valence-corrected chi connectivity index (χ2v) is 4.39. The third-order valence-electron chi connectivity index (χ3n) is 2.63. The van der Waals surface area contributed by atoms with Gasteiger partial charge in [-0.25, -0.2) is 0 Å². The minimum Gasteiger partial charge on any atom is -0.368 e. The first kappa shape index (κ1) is 12.9. The molecule has 2 amide bonds. The lowest BCUT2D eigenvalue weighted by Gasteiger charge is -2.11. The predicted octanol–water partition coefficient (Wildman–Crippen LogP) is 1.28. The van der Waals surface area contributed by atoms with Crippen LogP contribution in [0.5, 0.6) is 0 Å². The number of nitrogens with one attached hydrogen (secondary N) is 2. The van der Waals surface area contributed by atoms with Gasteiger partial charge in [0.25, 0.3) is 11.8 Å². The molecule has 0 aromatic heterocycles. The third kappa shape index (κ3) is 3.21. The summed E-state index contributed by atoms with van der Waals surface area (Å²) in [6, 6.07) is 6.38.